The van der Waals surface area contributed by atoms with Crippen molar-refractivity contribution in [3.05, 3.63) is 34.0 Å². The zero-order valence-corrected chi connectivity index (χ0v) is 17.2. The molecule has 2 amide bonds. The van der Waals surface area contributed by atoms with Gasteiger partial charge in [0.25, 0.3) is 0 Å². The highest BCUT2D eigenvalue weighted by atomic mass is 32.1. The number of hydrogen-bond donors (Lipinski definition) is 3. The lowest BCUT2D eigenvalue weighted by Gasteiger charge is -2.14. The number of carboxylic acids is 1. The summed E-state index contributed by atoms with van der Waals surface area (Å²) in [6.07, 6.45) is 0.0386. The quantitative estimate of drug-likeness (QED) is 0.545. The van der Waals surface area contributed by atoms with Crippen LogP contribution in [0.15, 0.2) is 24.3 Å². The molecule has 0 aliphatic heterocycles. The first-order valence-corrected chi connectivity index (χ1v) is 10.3. The summed E-state index contributed by atoms with van der Waals surface area (Å²) >= 11 is 3.07. The number of nitrogens with one attached hydrogen (secondary N) is 2. The van der Waals surface area contributed by atoms with E-state index in [1.54, 1.807) is 11.3 Å². The van der Waals surface area contributed by atoms with Gasteiger partial charge < -0.3 is 15.7 Å². The van der Waals surface area contributed by atoms with Crippen LogP contribution in [0, 0.1) is 0 Å². The minimum absolute atomic E-state index is 0.0772. The summed E-state index contributed by atoms with van der Waals surface area (Å²) in [5, 5.41) is 14.1. The van der Waals surface area contributed by atoms with Crippen LogP contribution in [0.5, 0.6) is 0 Å². The van der Waals surface area contributed by atoms with E-state index in [1.165, 1.54) is 25.2 Å². The van der Waals surface area contributed by atoms with Gasteiger partial charge in [-0.1, -0.05) is 0 Å². The number of thiophene rings is 2. The molecular formula is C19H22N2O5S2. The van der Waals surface area contributed by atoms with Gasteiger partial charge in [0.2, 0.25) is 11.8 Å². The molecule has 2 aromatic heterocycles. The third kappa shape index (κ3) is 6.90. The molecule has 3 N–H and O–H groups in total. The molecule has 9 heteroatoms. The van der Waals surface area contributed by atoms with Crippen LogP contribution in [-0.2, 0) is 32.1 Å². The van der Waals surface area contributed by atoms with Gasteiger partial charge in [-0.2, -0.15) is 0 Å². The van der Waals surface area contributed by atoms with Crippen LogP contribution in [0.3, 0.4) is 0 Å². The highest BCUT2D eigenvalue weighted by Crippen LogP contribution is 2.33. The molecule has 2 heterocycles. The fourth-order valence-electron chi connectivity index (χ4n) is 2.47. The molecule has 7 nitrogen and oxygen atoms in total. The summed E-state index contributed by atoms with van der Waals surface area (Å²) in [6.45, 7) is 3.30. The van der Waals surface area contributed by atoms with Crippen molar-refractivity contribution in [1.29, 1.82) is 0 Å². The van der Waals surface area contributed by atoms with E-state index in [4.69, 9.17) is 5.11 Å². The normalized spacial score (nSPS) is 11.6. The SMILES string of the molecule is CC(=O)NCc1ccc(-c2ccc(CC(=O)NC(CCC(=O)O)C(C)=O)s2)s1. The van der Waals surface area contributed by atoms with E-state index in [0.717, 1.165) is 19.5 Å². The second-order valence-electron chi connectivity index (χ2n) is 6.28. The van der Waals surface area contributed by atoms with Gasteiger partial charge in [-0.05, 0) is 37.6 Å². The van der Waals surface area contributed by atoms with E-state index in [-0.39, 0.29) is 36.9 Å². The number of aliphatic carboxylic acids is 1. The van der Waals surface area contributed by atoms with Gasteiger partial charge >= 0.3 is 5.97 Å². The van der Waals surface area contributed by atoms with E-state index in [2.05, 4.69) is 10.6 Å². The second-order valence-corrected chi connectivity index (χ2v) is 8.62. The average Bonchev–Trinajstić information content (AvgIpc) is 3.25. The number of Topliss-reactive ketones (excluding diaryl/α,β-unsaturated/α-hetero) is 1. The fraction of sp³-hybridized carbons (Fsp3) is 0.368. The smallest absolute Gasteiger partial charge is 0.303 e. The van der Waals surface area contributed by atoms with Crippen molar-refractivity contribution in [1.82, 2.24) is 10.6 Å². The monoisotopic (exact) mass is 422 g/mol. The van der Waals surface area contributed by atoms with E-state index >= 15 is 0 Å². The largest absolute Gasteiger partial charge is 0.481 e. The molecule has 0 aliphatic rings. The molecule has 2 aromatic rings. The van der Waals surface area contributed by atoms with E-state index in [0.29, 0.717) is 6.54 Å². The molecule has 1 unspecified atom stereocenters. The molecule has 2 rings (SSSR count). The van der Waals surface area contributed by atoms with Gasteiger partial charge in [0.15, 0.2) is 5.78 Å². The molecule has 0 aliphatic carbocycles. The molecule has 150 valence electrons. The van der Waals surface area contributed by atoms with Crippen LogP contribution in [0.25, 0.3) is 9.75 Å². The Morgan fingerprint density at radius 2 is 1.61 bits per heavy atom. The molecule has 0 radical (unpaired) electrons. The number of ketones is 1. The molecule has 0 saturated heterocycles. The molecule has 28 heavy (non-hydrogen) atoms. The molecular weight excluding hydrogens is 400 g/mol. The predicted octanol–water partition coefficient (Wildman–Crippen LogP) is 2.59. The van der Waals surface area contributed by atoms with Crippen LogP contribution >= 0.6 is 22.7 Å². The first kappa shape index (κ1) is 21.8. The Morgan fingerprint density at radius 1 is 1.00 bits per heavy atom. The van der Waals surface area contributed by atoms with Crippen molar-refractivity contribution in [3.8, 4) is 9.75 Å². The number of carbonyl (C=O) groups excluding carboxylic acids is 3. The highest BCUT2D eigenvalue weighted by Gasteiger charge is 2.19. The van der Waals surface area contributed by atoms with Gasteiger partial charge in [-0.15, -0.1) is 22.7 Å². The van der Waals surface area contributed by atoms with Crippen LogP contribution in [0.1, 0.15) is 36.4 Å². The molecule has 0 fully saturated rings. The topological polar surface area (TPSA) is 113 Å². The van der Waals surface area contributed by atoms with Crippen LogP contribution in [0.2, 0.25) is 0 Å². The lowest BCUT2D eigenvalue weighted by Crippen LogP contribution is -2.40. The van der Waals surface area contributed by atoms with Crippen molar-refractivity contribution < 1.29 is 24.3 Å². The van der Waals surface area contributed by atoms with Gasteiger partial charge in [0.1, 0.15) is 0 Å². The third-order valence-corrected chi connectivity index (χ3v) is 6.25. The standard InChI is InChI=1S/C19H22N2O5S2/c1-11(22)15(5-8-19(25)26)21-18(24)9-13-3-6-16(27-13)17-7-4-14(28-17)10-20-12(2)23/h3-4,6-7,15H,5,8-10H2,1-2H3,(H,20,23)(H,21,24)(H,25,26). The van der Waals surface area contributed by atoms with Gasteiger partial charge in [-0.25, -0.2) is 0 Å². The molecule has 0 bridgehead atoms. The van der Waals surface area contributed by atoms with Crippen molar-refractivity contribution >= 4 is 46.2 Å². The molecule has 1 atom stereocenters. The number of amides is 2. The lowest BCUT2D eigenvalue weighted by atomic mass is 10.1. The van der Waals surface area contributed by atoms with Crippen LogP contribution in [-0.4, -0.2) is 34.7 Å². The van der Waals surface area contributed by atoms with Gasteiger partial charge in [-0.3, -0.25) is 19.2 Å². The van der Waals surface area contributed by atoms with E-state index < -0.39 is 12.0 Å². The molecule has 0 aromatic carbocycles. The Balaban J connectivity index is 1.94. The zero-order chi connectivity index (χ0) is 20.7. The third-order valence-electron chi connectivity index (χ3n) is 3.89. The number of hydrogen-bond acceptors (Lipinski definition) is 6. The summed E-state index contributed by atoms with van der Waals surface area (Å²) in [6, 6.07) is 6.97. The zero-order valence-electron chi connectivity index (χ0n) is 15.6. The minimum Gasteiger partial charge on any atom is -0.481 e. The van der Waals surface area contributed by atoms with Crippen LogP contribution in [0.4, 0.5) is 0 Å². The predicted molar refractivity (Wildman–Crippen MR) is 108 cm³/mol. The summed E-state index contributed by atoms with van der Waals surface area (Å²) < 4.78 is 0. The second kappa shape index (κ2) is 10.1. The maximum absolute atomic E-state index is 12.2. The minimum atomic E-state index is -1.00. The van der Waals surface area contributed by atoms with E-state index in [1.807, 2.05) is 24.3 Å². The Hall–Kier alpha value is -2.52. The maximum atomic E-state index is 12.2. The molecule has 0 saturated carbocycles. The van der Waals surface area contributed by atoms with Crippen molar-refractivity contribution in [2.45, 2.75) is 45.7 Å². The Morgan fingerprint density at radius 3 is 2.18 bits per heavy atom. The number of carboxylic acid groups (broad SMARTS) is 1. The highest BCUT2D eigenvalue weighted by molar-refractivity contribution is 7.22. The Bertz CT molecular complexity index is 871. The summed E-state index contributed by atoms with van der Waals surface area (Å²) in [5.74, 6) is -1.65. The van der Waals surface area contributed by atoms with Crippen molar-refractivity contribution in [3.63, 3.8) is 0 Å². The van der Waals surface area contributed by atoms with Crippen molar-refractivity contribution in [2.75, 3.05) is 0 Å². The van der Waals surface area contributed by atoms with E-state index in [9.17, 15) is 19.2 Å². The van der Waals surface area contributed by atoms with Gasteiger partial charge in [0, 0.05) is 32.9 Å². The molecule has 0 spiro atoms. The van der Waals surface area contributed by atoms with Crippen molar-refractivity contribution in [2.24, 2.45) is 0 Å². The summed E-state index contributed by atoms with van der Waals surface area (Å²) in [7, 11) is 0. The summed E-state index contributed by atoms with van der Waals surface area (Å²) in [5.41, 5.74) is 0. The summed E-state index contributed by atoms with van der Waals surface area (Å²) in [4.78, 5) is 49.5. The first-order chi connectivity index (χ1) is 13.2. The fourth-order valence-corrected chi connectivity index (χ4v) is 4.51. The maximum Gasteiger partial charge on any atom is 0.303 e. The number of rotatable bonds is 10. The first-order valence-electron chi connectivity index (χ1n) is 8.68. The van der Waals surface area contributed by atoms with Crippen LogP contribution < -0.4 is 10.6 Å². The Labute approximate surface area is 170 Å². The van der Waals surface area contributed by atoms with Gasteiger partial charge in [0.05, 0.1) is 19.0 Å². The average molecular weight is 423 g/mol. The number of carbonyl (C=O) groups is 4. The Kier molecular flexibility index (Phi) is 7.89. The lowest BCUT2D eigenvalue weighted by molar-refractivity contribution is -0.137.